The van der Waals surface area contributed by atoms with Crippen LogP contribution in [0.2, 0.25) is 0 Å². The molecule has 2 aliphatic rings. The molecular formula is C18H24O3. The van der Waals surface area contributed by atoms with Gasteiger partial charge in [-0.05, 0) is 50.2 Å². The number of para-hydroxylation sites is 1. The molecule has 0 spiro atoms. The van der Waals surface area contributed by atoms with Gasteiger partial charge in [0.05, 0.1) is 13.0 Å². The van der Waals surface area contributed by atoms with Gasteiger partial charge in [0.15, 0.2) is 0 Å². The fourth-order valence-electron chi connectivity index (χ4n) is 3.56. The Hall–Kier alpha value is -1.51. The lowest BCUT2D eigenvalue weighted by Crippen LogP contribution is -2.35. The Morgan fingerprint density at radius 2 is 1.81 bits per heavy atom. The Labute approximate surface area is 126 Å². The van der Waals surface area contributed by atoms with Crippen molar-refractivity contribution in [2.24, 2.45) is 5.92 Å². The van der Waals surface area contributed by atoms with Crippen molar-refractivity contribution in [2.75, 3.05) is 7.11 Å². The minimum atomic E-state index is 0.00376. The maximum Gasteiger partial charge on any atom is 0.309 e. The molecule has 3 heteroatoms. The molecule has 0 radical (unpaired) electrons. The summed E-state index contributed by atoms with van der Waals surface area (Å²) >= 11 is 0. The first-order valence-corrected chi connectivity index (χ1v) is 8.13. The fraction of sp³-hybridized carbons (Fsp3) is 0.611. The van der Waals surface area contributed by atoms with E-state index in [2.05, 4.69) is 6.07 Å². The molecule has 0 bridgehead atoms. The number of ether oxygens (including phenoxy) is 2. The van der Waals surface area contributed by atoms with Crippen molar-refractivity contribution in [3.63, 3.8) is 0 Å². The van der Waals surface area contributed by atoms with Crippen LogP contribution in [-0.4, -0.2) is 19.2 Å². The van der Waals surface area contributed by atoms with Crippen LogP contribution in [0.1, 0.15) is 56.4 Å². The van der Waals surface area contributed by atoms with E-state index >= 15 is 0 Å². The van der Waals surface area contributed by atoms with E-state index in [-0.39, 0.29) is 23.9 Å². The summed E-state index contributed by atoms with van der Waals surface area (Å²) in [5.74, 6) is 1.17. The highest BCUT2D eigenvalue weighted by atomic mass is 16.5. The molecule has 0 N–H and O–H groups in total. The second-order valence-electron chi connectivity index (χ2n) is 6.23. The lowest BCUT2D eigenvalue weighted by atomic mass is 9.69. The van der Waals surface area contributed by atoms with E-state index in [1.165, 1.54) is 19.3 Å². The summed E-state index contributed by atoms with van der Waals surface area (Å²) in [4.78, 5) is 12.4. The van der Waals surface area contributed by atoms with E-state index in [0.717, 1.165) is 37.0 Å². The number of carbonyl (C=O) groups excluding carboxylic acids is 1. The fourth-order valence-corrected chi connectivity index (χ4v) is 3.56. The van der Waals surface area contributed by atoms with Gasteiger partial charge in [-0.15, -0.1) is 0 Å². The highest BCUT2D eigenvalue weighted by Gasteiger charge is 2.40. The minimum Gasteiger partial charge on any atom is -0.496 e. The van der Waals surface area contributed by atoms with Gasteiger partial charge in [0.1, 0.15) is 11.9 Å². The lowest BCUT2D eigenvalue weighted by Gasteiger charge is -2.37. The number of hydrogen-bond donors (Lipinski definition) is 0. The van der Waals surface area contributed by atoms with Crippen LogP contribution in [0.25, 0.3) is 0 Å². The number of carbonyl (C=O) groups is 1. The molecule has 2 aliphatic carbocycles. The van der Waals surface area contributed by atoms with E-state index in [1.807, 2.05) is 18.2 Å². The van der Waals surface area contributed by atoms with E-state index in [1.54, 1.807) is 7.11 Å². The van der Waals surface area contributed by atoms with Crippen molar-refractivity contribution in [2.45, 2.75) is 57.0 Å². The van der Waals surface area contributed by atoms with E-state index in [4.69, 9.17) is 9.47 Å². The van der Waals surface area contributed by atoms with Gasteiger partial charge in [0.2, 0.25) is 0 Å². The van der Waals surface area contributed by atoms with Crippen molar-refractivity contribution in [1.29, 1.82) is 0 Å². The first kappa shape index (κ1) is 14.4. The molecule has 0 heterocycles. The van der Waals surface area contributed by atoms with Crippen molar-refractivity contribution >= 4 is 5.97 Å². The summed E-state index contributed by atoms with van der Waals surface area (Å²) in [6, 6.07) is 8.02. The van der Waals surface area contributed by atoms with Gasteiger partial charge in [-0.2, -0.15) is 0 Å². The van der Waals surface area contributed by atoms with Gasteiger partial charge in [-0.1, -0.05) is 24.6 Å². The molecule has 0 amide bonds. The van der Waals surface area contributed by atoms with Crippen LogP contribution in [0.3, 0.4) is 0 Å². The van der Waals surface area contributed by atoms with Crippen LogP contribution < -0.4 is 4.74 Å². The number of esters is 1. The van der Waals surface area contributed by atoms with Crippen molar-refractivity contribution in [3.8, 4) is 5.75 Å². The Balaban J connectivity index is 1.64. The predicted octanol–water partition coefficient (Wildman–Crippen LogP) is 4.06. The summed E-state index contributed by atoms with van der Waals surface area (Å²) < 4.78 is 11.2. The molecule has 3 rings (SSSR count). The van der Waals surface area contributed by atoms with E-state index in [9.17, 15) is 4.79 Å². The van der Waals surface area contributed by atoms with Crippen LogP contribution in [0.4, 0.5) is 0 Å². The second-order valence-corrected chi connectivity index (χ2v) is 6.23. The Morgan fingerprint density at radius 1 is 1.05 bits per heavy atom. The van der Waals surface area contributed by atoms with Crippen molar-refractivity contribution < 1.29 is 14.3 Å². The zero-order valence-corrected chi connectivity index (χ0v) is 12.7. The second kappa shape index (κ2) is 6.50. The quantitative estimate of drug-likeness (QED) is 0.784. The van der Waals surface area contributed by atoms with Gasteiger partial charge in [0, 0.05) is 5.92 Å². The lowest BCUT2D eigenvalue weighted by molar-refractivity contribution is -0.159. The largest absolute Gasteiger partial charge is 0.496 e. The summed E-state index contributed by atoms with van der Waals surface area (Å²) in [5, 5.41) is 0. The summed E-state index contributed by atoms with van der Waals surface area (Å²) in [6.45, 7) is 0. The Bertz CT molecular complexity index is 491. The zero-order chi connectivity index (χ0) is 14.7. The van der Waals surface area contributed by atoms with Crippen molar-refractivity contribution in [1.82, 2.24) is 0 Å². The van der Waals surface area contributed by atoms with Gasteiger partial charge < -0.3 is 9.47 Å². The first-order valence-electron chi connectivity index (χ1n) is 8.13. The van der Waals surface area contributed by atoms with Gasteiger partial charge >= 0.3 is 5.97 Å². The van der Waals surface area contributed by atoms with Crippen LogP contribution in [-0.2, 0) is 9.53 Å². The molecule has 3 nitrogen and oxygen atoms in total. The van der Waals surface area contributed by atoms with E-state index in [0.29, 0.717) is 0 Å². The average molecular weight is 288 g/mol. The van der Waals surface area contributed by atoms with Crippen LogP contribution in [0.5, 0.6) is 5.75 Å². The van der Waals surface area contributed by atoms with Gasteiger partial charge in [0.25, 0.3) is 0 Å². The molecule has 1 aromatic rings. The molecule has 114 valence electrons. The molecule has 21 heavy (non-hydrogen) atoms. The molecule has 0 aromatic heterocycles. The average Bonchev–Trinajstić information content (AvgIpc) is 2.47. The third-order valence-electron chi connectivity index (χ3n) is 4.95. The maximum atomic E-state index is 12.4. The van der Waals surface area contributed by atoms with E-state index < -0.39 is 0 Å². The molecule has 1 unspecified atom stereocenters. The molecule has 1 aromatic carbocycles. The SMILES string of the molecule is COc1ccccc1C1CC[C@H]1C(=O)OC1CCCCC1. The van der Waals surface area contributed by atoms with Crippen LogP contribution in [0.15, 0.2) is 24.3 Å². The summed E-state index contributed by atoms with van der Waals surface area (Å²) in [5.41, 5.74) is 1.15. The standard InChI is InChI=1S/C18H24O3/c1-20-17-10-6-5-9-15(17)14-11-12-16(14)18(19)21-13-7-3-2-4-8-13/h5-6,9-10,13-14,16H,2-4,7-8,11-12H2,1H3/t14?,16-/m1/s1. The topological polar surface area (TPSA) is 35.5 Å². The molecule has 0 saturated heterocycles. The molecule has 2 saturated carbocycles. The molecule has 2 fully saturated rings. The monoisotopic (exact) mass is 288 g/mol. The smallest absolute Gasteiger partial charge is 0.309 e. The third kappa shape index (κ3) is 3.07. The Kier molecular flexibility index (Phi) is 4.47. The van der Waals surface area contributed by atoms with Crippen LogP contribution in [0, 0.1) is 5.92 Å². The van der Waals surface area contributed by atoms with Gasteiger partial charge in [-0.3, -0.25) is 4.79 Å². The molecule has 2 atom stereocenters. The summed E-state index contributed by atoms with van der Waals surface area (Å²) in [7, 11) is 1.69. The number of rotatable bonds is 4. The number of methoxy groups -OCH3 is 1. The van der Waals surface area contributed by atoms with Crippen molar-refractivity contribution in [3.05, 3.63) is 29.8 Å². The maximum absolute atomic E-state index is 12.4. The first-order chi connectivity index (χ1) is 10.3. The molecular weight excluding hydrogens is 264 g/mol. The van der Waals surface area contributed by atoms with Gasteiger partial charge in [-0.25, -0.2) is 0 Å². The summed E-state index contributed by atoms with van der Waals surface area (Å²) in [6.07, 6.45) is 7.89. The highest BCUT2D eigenvalue weighted by Crippen LogP contribution is 2.46. The highest BCUT2D eigenvalue weighted by molar-refractivity contribution is 5.75. The van der Waals surface area contributed by atoms with Crippen LogP contribution >= 0.6 is 0 Å². The molecule has 0 aliphatic heterocycles. The predicted molar refractivity (Wildman–Crippen MR) is 81.4 cm³/mol. The number of benzene rings is 1. The third-order valence-corrected chi connectivity index (χ3v) is 4.95. The normalized spacial score (nSPS) is 26.0. The zero-order valence-electron chi connectivity index (χ0n) is 12.7. The Morgan fingerprint density at radius 3 is 2.48 bits per heavy atom. The number of hydrogen-bond acceptors (Lipinski definition) is 3. The minimum absolute atomic E-state index is 0.00376.